The minimum absolute atomic E-state index is 0.299. The van der Waals surface area contributed by atoms with E-state index in [0.717, 1.165) is 6.42 Å². The summed E-state index contributed by atoms with van der Waals surface area (Å²) < 4.78 is 4.63. The van der Waals surface area contributed by atoms with Crippen molar-refractivity contribution in [2.24, 2.45) is 10.9 Å². The first-order valence-corrected chi connectivity index (χ1v) is 4.57. The molecule has 0 aliphatic carbocycles. The van der Waals surface area contributed by atoms with Gasteiger partial charge in [-0.05, 0) is 26.2 Å². The molecule has 13 heavy (non-hydrogen) atoms. The molecule has 0 spiro atoms. The van der Waals surface area contributed by atoms with Gasteiger partial charge in [0, 0.05) is 6.21 Å². The third kappa shape index (κ3) is 4.06. The zero-order valence-corrected chi connectivity index (χ0v) is 9.13. The van der Waals surface area contributed by atoms with E-state index in [0.29, 0.717) is 5.92 Å². The molecule has 0 bridgehead atoms. The molecule has 0 aromatic heterocycles. The minimum Gasteiger partial charge on any atom is -0.467 e. The first-order valence-electron chi connectivity index (χ1n) is 4.57. The van der Waals surface area contributed by atoms with Crippen molar-refractivity contribution < 1.29 is 9.53 Å². The van der Waals surface area contributed by atoms with Crippen LogP contribution in [0.25, 0.3) is 0 Å². The molecule has 0 fully saturated rings. The molecule has 0 saturated heterocycles. The molecule has 0 rings (SSSR count). The van der Waals surface area contributed by atoms with Gasteiger partial charge >= 0.3 is 5.97 Å². The van der Waals surface area contributed by atoms with Crippen LogP contribution in [-0.2, 0) is 9.53 Å². The van der Waals surface area contributed by atoms with Crippen molar-refractivity contribution >= 4 is 12.2 Å². The van der Waals surface area contributed by atoms with Crippen LogP contribution in [0.1, 0.15) is 34.1 Å². The number of hydrogen-bond donors (Lipinski definition) is 0. The van der Waals surface area contributed by atoms with E-state index in [1.807, 2.05) is 6.21 Å². The second-order valence-corrected chi connectivity index (χ2v) is 3.71. The average Bonchev–Trinajstić information content (AvgIpc) is 2.12. The largest absolute Gasteiger partial charge is 0.467 e. The van der Waals surface area contributed by atoms with E-state index in [1.54, 1.807) is 13.8 Å². The second-order valence-electron chi connectivity index (χ2n) is 3.71. The van der Waals surface area contributed by atoms with E-state index in [-0.39, 0.29) is 5.97 Å². The predicted molar refractivity (Wildman–Crippen MR) is 54.0 cm³/mol. The average molecular weight is 185 g/mol. The summed E-state index contributed by atoms with van der Waals surface area (Å²) in [4.78, 5) is 15.4. The fourth-order valence-corrected chi connectivity index (χ4v) is 0.721. The van der Waals surface area contributed by atoms with Crippen LogP contribution in [0, 0.1) is 5.92 Å². The molecule has 0 aliphatic heterocycles. The Kier molecular flexibility index (Phi) is 4.67. The van der Waals surface area contributed by atoms with Gasteiger partial charge in [-0.3, -0.25) is 4.99 Å². The van der Waals surface area contributed by atoms with Crippen LogP contribution in [0.2, 0.25) is 0 Å². The zero-order chi connectivity index (χ0) is 10.5. The number of carbonyl (C=O) groups excluding carboxylic acids is 1. The summed E-state index contributed by atoms with van der Waals surface area (Å²) in [6, 6.07) is 0. The van der Waals surface area contributed by atoms with Gasteiger partial charge in [0.15, 0.2) is 5.54 Å². The number of aliphatic imine (C=N–C) groups is 1. The van der Waals surface area contributed by atoms with Crippen molar-refractivity contribution in [3.8, 4) is 0 Å². The summed E-state index contributed by atoms with van der Waals surface area (Å²) in [5, 5.41) is 0. The summed E-state index contributed by atoms with van der Waals surface area (Å²) in [6.45, 7) is 7.65. The molecule has 0 amide bonds. The van der Waals surface area contributed by atoms with Crippen LogP contribution < -0.4 is 0 Å². The molecule has 0 saturated carbocycles. The Balaban J connectivity index is 4.31. The predicted octanol–water partition coefficient (Wildman–Crippen LogP) is 2.05. The van der Waals surface area contributed by atoms with Crippen LogP contribution >= 0.6 is 0 Å². The molecule has 0 N–H and O–H groups in total. The molecular formula is C10H19NO2. The number of methoxy groups -OCH3 is 1. The maximum absolute atomic E-state index is 11.2. The van der Waals surface area contributed by atoms with Crippen LogP contribution in [0.5, 0.6) is 0 Å². The summed E-state index contributed by atoms with van der Waals surface area (Å²) in [5.41, 5.74) is -0.752. The number of esters is 1. The van der Waals surface area contributed by atoms with Crippen molar-refractivity contribution in [2.75, 3.05) is 7.11 Å². The third-order valence-corrected chi connectivity index (χ3v) is 1.98. The highest BCUT2D eigenvalue weighted by atomic mass is 16.5. The molecule has 0 heterocycles. The van der Waals surface area contributed by atoms with E-state index < -0.39 is 5.54 Å². The summed E-state index contributed by atoms with van der Waals surface area (Å²) >= 11 is 0. The van der Waals surface area contributed by atoms with Gasteiger partial charge in [0.2, 0.25) is 0 Å². The summed E-state index contributed by atoms with van der Waals surface area (Å²) in [6.07, 6.45) is 2.84. The standard InChI is InChI=1S/C10H19NO2/c1-6-8(2)7-11-10(3,4)9(12)13-5/h7-8H,6H2,1-5H3/b11-7+. The highest BCUT2D eigenvalue weighted by Gasteiger charge is 2.26. The molecule has 0 aromatic rings. The number of rotatable bonds is 4. The molecule has 76 valence electrons. The molecule has 0 radical (unpaired) electrons. The fraction of sp³-hybridized carbons (Fsp3) is 0.800. The van der Waals surface area contributed by atoms with Crippen LogP contribution in [-0.4, -0.2) is 24.8 Å². The lowest BCUT2D eigenvalue weighted by Gasteiger charge is -2.16. The highest BCUT2D eigenvalue weighted by Crippen LogP contribution is 2.11. The van der Waals surface area contributed by atoms with Crippen molar-refractivity contribution in [2.45, 2.75) is 39.7 Å². The number of nitrogens with zero attached hydrogens (tertiary/aromatic N) is 1. The number of carbonyl (C=O) groups is 1. The first-order chi connectivity index (χ1) is 5.94. The van der Waals surface area contributed by atoms with Gasteiger partial charge in [-0.15, -0.1) is 0 Å². The van der Waals surface area contributed by atoms with E-state index in [9.17, 15) is 4.79 Å². The monoisotopic (exact) mass is 185 g/mol. The van der Waals surface area contributed by atoms with Crippen LogP contribution in [0.4, 0.5) is 0 Å². The van der Waals surface area contributed by atoms with Crippen molar-refractivity contribution in [3.05, 3.63) is 0 Å². The van der Waals surface area contributed by atoms with Crippen molar-refractivity contribution in [1.82, 2.24) is 0 Å². The summed E-state index contributed by atoms with van der Waals surface area (Å²) in [7, 11) is 1.38. The minimum atomic E-state index is -0.752. The van der Waals surface area contributed by atoms with Gasteiger partial charge < -0.3 is 4.74 Å². The SMILES string of the molecule is CCC(C)/C=N/C(C)(C)C(=O)OC. The number of hydrogen-bond acceptors (Lipinski definition) is 3. The van der Waals surface area contributed by atoms with Gasteiger partial charge in [-0.2, -0.15) is 0 Å². The van der Waals surface area contributed by atoms with Gasteiger partial charge in [-0.25, -0.2) is 4.79 Å². The van der Waals surface area contributed by atoms with E-state index >= 15 is 0 Å². The van der Waals surface area contributed by atoms with E-state index in [2.05, 4.69) is 23.6 Å². The molecule has 1 unspecified atom stereocenters. The Morgan fingerprint density at radius 1 is 1.62 bits per heavy atom. The van der Waals surface area contributed by atoms with Gasteiger partial charge in [0.05, 0.1) is 7.11 Å². The van der Waals surface area contributed by atoms with Crippen LogP contribution in [0.3, 0.4) is 0 Å². The van der Waals surface area contributed by atoms with Gasteiger partial charge in [-0.1, -0.05) is 13.8 Å². The van der Waals surface area contributed by atoms with Crippen molar-refractivity contribution in [1.29, 1.82) is 0 Å². The zero-order valence-electron chi connectivity index (χ0n) is 9.13. The topological polar surface area (TPSA) is 38.7 Å². The van der Waals surface area contributed by atoms with E-state index in [4.69, 9.17) is 0 Å². The van der Waals surface area contributed by atoms with E-state index in [1.165, 1.54) is 7.11 Å². The highest BCUT2D eigenvalue weighted by molar-refractivity contribution is 5.82. The van der Waals surface area contributed by atoms with Gasteiger partial charge in [0.1, 0.15) is 0 Å². The normalized spacial score (nSPS) is 14.5. The Morgan fingerprint density at radius 2 is 2.15 bits per heavy atom. The molecule has 0 aliphatic rings. The maximum Gasteiger partial charge on any atom is 0.333 e. The first kappa shape index (κ1) is 12.1. The Morgan fingerprint density at radius 3 is 2.54 bits per heavy atom. The molecule has 3 heteroatoms. The van der Waals surface area contributed by atoms with Gasteiger partial charge in [0.25, 0.3) is 0 Å². The number of ether oxygens (including phenoxy) is 1. The Labute approximate surface area is 80.2 Å². The Hall–Kier alpha value is -0.860. The molecule has 0 aromatic carbocycles. The summed E-state index contributed by atoms with van der Waals surface area (Å²) in [5.74, 6) is 0.107. The third-order valence-electron chi connectivity index (χ3n) is 1.98. The molecular weight excluding hydrogens is 166 g/mol. The van der Waals surface area contributed by atoms with Crippen LogP contribution in [0.15, 0.2) is 4.99 Å². The fourth-order valence-electron chi connectivity index (χ4n) is 0.721. The quantitative estimate of drug-likeness (QED) is 0.496. The Bertz CT molecular complexity index is 197. The lowest BCUT2D eigenvalue weighted by Crippen LogP contribution is -2.31. The lowest BCUT2D eigenvalue weighted by molar-refractivity contribution is -0.145. The van der Waals surface area contributed by atoms with Crippen molar-refractivity contribution in [3.63, 3.8) is 0 Å². The molecule has 3 nitrogen and oxygen atoms in total. The lowest BCUT2D eigenvalue weighted by atomic mass is 10.1. The molecule has 1 atom stereocenters. The smallest absolute Gasteiger partial charge is 0.333 e. The second kappa shape index (κ2) is 5.00. The maximum atomic E-state index is 11.2.